The first kappa shape index (κ1) is 21.7. The fourth-order valence-corrected chi connectivity index (χ4v) is 2.83. The maximum absolute atomic E-state index is 12.6. The second kappa shape index (κ2) is 10.1. The minimum absolute atomic E-state index is 0.0884. The number of esters is 1. The van der Waals surface area contributed by atoms with E-state index in [9.17, 15) is 24.8 Å². The topological polar surface area (TPSA) is 116 Å². The van der Waals surface area contributed by atoms with Crippen LogP contribution in [0.1, 0.15) is 38.7 Å². The maximum atomic E-state index is 12.6. The fourth-order valence-electron chi connectivity index (χ4n) is 2.83. The molecule has 0 saturated carbocycles. The second-order valence-electron chi connectivity index (χ2n) is 6.64. The highest BCUT2D eigenvalue weighted by molar-refractivity contribution is 6.09. The van der Waals surface area contributed by atoms with Crippen molar-refractivity contribution in [2.45, 2.75) is 19.3 Å². The Hall–Kier alpha value is -4.04. The van der Waals surface area contributed by atoms with Crippen molar-refractivity contribution in [2.24, 2.45) is 0 Å². The van der Waals surface area contributed by atoms with Crippen LogP contribution in [0, 0.1) is 10.1 Å². The number of hydrogen-bond acceptors (Lipinski definition) is 7. The average molecular weight is 421 g/mol. The summed E-state index contributed by atoms with van der Waals surface area (Å²) >= 11 is 0. The van der Waals surface area contributed by atoms with Gasteiger partial charge in [-0.05, 0) is 22.8 Å². The van der Waals surface area contributed by atoms with E-state index >= 15 is 0 Å². The zero-order valence-corrected chi connectivity index (χ0v) is 16.3. The second-order valence-corrected chi connectivity index (χ2v) is 6.64. The molecule has 0 fully saturated rings. The molecule has 0 bridgehead atoms. The van der Waals surface area contributed by atoms with Crippen molar-refractivity contribution in [3.63, 3.8) is 0 Å². The molecule has 1 N–H and O–H groups in total. The van der Waals surface area contributed by atoms with Gasteiger partial charge in [-0.3, -0.25) is 4.79 Å². The van der Waals surface area contributed by atoms with Crippen molar-refractivity contribution in [3.05, 3.63) is 117 Å². The molecule has 158 valence electrons. The SMILES string of the molecule is O=C(c1ccccc1)c1cccc([C@H](O)C(=O)OCc2ccc(CO[N+](=O)[O-])cc2)c1. The smallest absolute Gasteiger partial charge is 0.339 e. The Morgan fingerprint density at radius 3 is 2.13 bits per heavy atom. The van der Waals surface area contributed by atoms with Crippen LogP contribution in [0.3, 0.4) is 0 Å². The van der Waals surface area contributed by atoms with Gasteiger partial charge in [-0.15, -0.1) is 10.1 Å². The lowest BCUT2D eigenvalue weighted by atomic mass is 9.99. The van der Waals surface area contributed by atoms with Gasteiger partial charge in [0, 0.05) is 11.1 Å². The zero-order chi connectivity index (χ0) is 22.2. The highest BCUT2D eigenvalue weighted by atomic mass is 16.9. The quantitative estimate of drug-likeness (QED) is 0.244. The van der Waals surface area contributed by atoms with E-state index in [1.807, 2.05) is 0 Å². The molecule has 0 saturated heterocycles. The Balaban J connectivity index is 1.60. The Bertz CT molecular complexity index is 1060. The van der Waals surface area contributed by atoms with Gasteiger partial charge >= 0.3 is 5.97 Å². The largest absolute Gasteiger partial charge is 0.459 e. The van der Waals surface area contributed by atoms with Gasteiger partial charge in [0.15, 0.2) is 11.9 Å². The number of aliphatic hydroxyl groups excluding tert-OH is 1. The summed E-state index contributed by atoms with van der Waals surface area (Å²) in [5, 5.41) is 19.7. The van der Waals surface area contributed by atoms with E-state index in [0.29, 0.717) is 22.3 Å². The molecule has 0 spiro atoms. The normalized spacial score (nSPS) is 11.4. The molecule has 0 aromatic heterocycles. The van der Waals surface area contributed by atoms with Crippen molar-refractivity contribution >= 4 is 11.8 Å². The highest BCUT2D eigenvalue weighted by Gasteiger charge is 2.20. The number of benzene rings is 3. The average Bonchev–Trinajstić information content (AvgIpc) is 2.81. The third kappa shape index (κ3) is 5.97. The first-order chi connectivity index (χ1) is 14.9. The Morgan fingerprint density at radius 1 is 0.871 bits per heavy atom. The van der Waals surface area contributed by atoms with Gasteiger partial charge in [0.05, 0.1) is 0 Å². The van der Waals surface area contributed by atoms with E-state index in [1.165, 1.54) is 12.1 Å². The number of ketones is 1. The van der Waals surface area contributed by atoms with Crippen molar-refractivity contribution in [2.75, 3.05) is 0 Å². The monoisotopic (exact) mass is 421 g/mol. The van der Waals surface area contributed by atoms with Gasteiger partial charge in [-0.25, -0.2) is 4.79 Å². The summed E-state index contributed by atoms with van der Waals surface area (Å²) in [5.41, 5.74) is 2.33. The first-order valence-electron chi connectivity index (χ1n) is 9.33. The summed E-state index contributed by atoms with van der Waals surface area (Å²) in [6.07, 6.45) is -1.55. The minimum atomic E-state index is -1.55. The predicted octanol–water partition coefficient (Wildman–Crippen LogP) is 3.40. The van der Waals surface area contributed by atoms with Crippen LogP contribution in [0.15, 0.2) is 78.9 Å². The van der Waals surface area contributed by atoms with E-state index in [2.05, 4.69) is 4.84 Å². The van der Waals surface area contributed by atoms with Crippen LogP contribution in [-0.4, -0.2) is 21.9 Å². The third-order valence-corrected chi connectivity index (χ3v) is 4.46. The maximum Gasteiger partial charge on any atom is 0.339 e. The molecule has 0 radical (unpaired) electrons. The van der Waals surface area contributed by atoms with E-state index in [0.717, 1.165) is 0 Å². The summed E-state index contributed by atoms with van der Waals surface area (Å²) in [6.45, 7) is -0.265. The summed E-state index contributed by atoms with van der Waals surface area (Å²) in [7, 11) is 0. The summed E-state index contributed by atoms with van der Waals surface area (Å²) in [6, 6.07) is 21.4. The summed E-state index contributed by atoms with van der Waals surface area (Å²) < 4.78 is 5.15. The van der Waals surface area contributed by atoms with Crippen molar-refractivity contribution < 1.29 is 29.4 Å². The number of hydrogen-bond donors (Lipinski definition) is 1. The van der Waals surface area contributed by atoms with Gasteiger partial charge in [0.2, 0.25) is 0 Å². The van der Waals surface area contributed by atoms with Gasteiger partial charge in [0.1, 0.15) is 13.2 Å². The molecule has 1 atom stereocenters. The lowest BCUT2D eigenvalue weighted by molar-refractivity contribution is -0.763. The van der Waals surface area contributed by atoms with E-state index in [1.54, 1.807) is 66.7 Å². The number of carbonyl (C=O) groups excluding carboxylic acids is 2. The molecular weight excluding hydrogens is 402 g/mol. The van der Waals surface area contributed by atoms with Crippen molar-refractivity contribution in [1.82, 2.24) is 0 Å². The van der Waals surface area contributed by atoms with Crippen LogP contribution < -0.4 is 0 Å². The van der Waals surface area contributed by atoms with E-state index in [-0.39, 0.29) is 24.6 Å². The molecule has 3 aromatic rings. The number of nitrogens with zero attached hydrogens (tertiary/aromatic N) is 1. The van der Waals surface area contributed by atoms with Gasteiger partial charge in [-0.2, -0.15) is 0 Å². The van der Waals surface area contributed by atoms with Crippen molar-refractivity contribution in [3.8, 4) is 0 Å². The van der Waals surface area contributed by atoms with Crippen LogP contribution >= 0.6 is 0 Å². The Labute approximate surface area is 177 Å². The highest BCUT2D eigenvalue weighted by Crippen LogP contribution is 2.19. The lowest BCUT2D eigenvalue weighted by Gasteiger charge is -2.12. The van der Waals surface area contributed by atoms with Gasteiger partial charge in [0.25, 0.3) is 5.09 Å². The van der Waals surface area contributed by atoms with Crippen LogP contribution in [0.5, 0.6) is 0 Å². The molecule has 8 heteroatoms. The number of rotatable bonds is 9. The lowest BCUT2D eigenvalue weighted by Crippen LogP contribution is -2.16. The minimum Gasteiger partial charge on any atom is -0.459 e. The molecule has 0 unspecified atom stereocenters. The van der Waals surface area contributed by atoms with Crippen LogP contribution in [-0.2, 0) is 27.6 Å². The number of aliphatic hydroxyl groups is 1. The van der Waals surface area contributed by atoms with Gasteiger partial charge in [-0.1, -0.05) is 72.8 Å². The van der Waals surface area contributed by atoms with Crippen molar-refractivity contribution in [1.29, 1.82) is 0 Å². The van der Waals surface area contributed by atoms with Crippen LogP contribution in [0.2, 0.25) is 0 Å². The molecule has 31 heavy (non-hydrogen) atoms. The summed E-state index contributed by atoms with van der Waals surface area (Å²) in [5.74, 6) is -1.07. The molecule has 0 aliphatic rings. The predicted molar refractivity (Wildman–Crippen MR) is 109 cm³/mol. The van der Waals surface area contributed by atoms with Gasteiger partial charge < -0.3 is 14.7 Å². The molecule has 0 heterocycles. The zero-order valence-electron chi connectivity index (χ0n) is 16.3. The summed E-state index contributed by atoms with van der Waals surface area (Å²) in [4.78, 5) is 39.3. The number of ether oxygens (including phenoxy) is 1. The fraction of sp³-hybridized carbons (Fsp3) is 0.130. The molecule has 8 nitrogen and oxygen atoms in total. The molecule has 0 aliphatic heterocycles. The van der Waals surface area contributed by atoms with E-state index < -0.39 is 17.2 Å². The molecule has 3 aromatic carbocycles. The molecule has 3 rings (SSSR count). The third-order valence-electron chi connectivity index (χ3n) is 4.46. The molecular formula is C23H19NO7. The Kier molecular flexibility index (Phi) is 7.08. The molecule has 0 amide bonds. The van der Waals surface area contributed by atoms with E-state index in [4.69, 9.17) is 4.74 Å². The van der Waals surface area contributed by atoms with Crippen LogP contribution in [0.25, 0.3) is 0 Å². The Morgan fingerprint density at radius 2 is 1.48 bits per heavy atom. The van der Waals surface area contributed by atoms with Crippen LogP contribution in [0.4, 0.5) is 0 Å². The standard InChI is InChI=1S/C23H19NO7/c25-21(18-5-2-1-3-6-18)19-7-4-8-20(13-19)22(26)23(27)30-14-16-9-11-17(12-10-16)15-31-24(28)29/h1-13,22,26H,14-15H2/t22-/m0/s1. The number of carbonyl (C=O) groups is 2. The first-order valence-corrected chi connectivity index (χ1v) is 9.33. The molecule has 0 aliphatic carbocycles.